The molecule has 0 bridgehead atoms. The van der Waals surface area contributed by atoms with E-state index in [2.05, 4.69) is 10.3 Å². The molecule has 2 aromatic rings. The second-order valence-electron chi connectivity index (χ2n) is 4.67. The summed E-state index contributed by atoms with van der Waals surface area (Å²) in [5, 5.41) is 2.88. The highest BCUT2D eigenvalue weighted by Gasteiger charge is 2.13. The zero-order valence-corrected chi connectivity index (χ0v) is 10.3. The van der Waals surface area contributed by atoms with Crippen LogP contribution in [0.5, 0.6) is 0 Å². The number of aryl methyl sites for hydroxylation is 1. The topological polar surface area (TPSA) is 42.0 Å². The van der Waals surface area contributed by atoms with Crippen LogP contribution >= 0.6 is 0 Å². The van der Waals surface area contributed by atoms with Crippen molar-refractivity contribution in [1.82, 2.24) is 4.98 Å². The van der Waals surface area contributed by atoms with E-state index in [1.807, 2.05) is 18.2 Å². The number of carbonyl (C=O) groups is 1. The van der Waals surface area contributed by atoms with Crippen LogP contribution in [-0.2, 0) is 11.2 Å². The van der Waals surface area contributed by atoms with Crippen molar-refractivity contribution in [3.8, 4) is 11.1 Å². The van der Waals surface area contributed by atoms with Crippen molar-refractivity contribution in [3.05, 3.63) is 48.0 Å². The average Bonchev–Trinajstić information content (AvgIpc) is 2.58. The Bertz CT molecular complexity index is 640. The number of fused-ring (bicyclic) bond motifs is 1. The van der Waals surface area contributed by atoms with Crippen LogP contribution in [0.2, 0.25) is 0 Å². The summed E-state index contributed by atoms with van der Waals surface area (Å²) in [5.41, 5.74) is 3.61. The molecule has 0 aliphatic carbocycles. The number of amides is 1. The van der Waals surface area contributed by atoms with E-state index in [-0.39, 0.29) is 11.7 Å². The van der Waals surface area contributed by atoms with Gasteiger partial charge in [-0.1, -0.05) is 6.07 Å². The molecule has 1 aromatic carbocycles. The summed E-state index contributed by atoms with van der Waals surface area (Å²) in [6.07, 6.45) is 5.06. The van der Waals surface area contributed by atoms with E-state index in [1.165, 1.54) is 12.3 Å². The first-order chi connectivity index (χ1) is 9.22. The molecule has 2 heterocycles. The van der Waals surface area contributed by atoms with E-state index in [4.69, 9.17) is 0 Å². The van der Waals surface area contributed by atoms with E-state index in [0.717, 1.165) is 35.2 Å². The second-order valence-corrected chi connectivity index (χ2v) is 4.67. The first-order valence-electron chi connectivity index (χ1n) is 6.26. The largest absolute Gasteiger partial charge is 0.326 e. The summed E-state index contributed by atoms with van der Waals surface area (Å²) in [7, 11) is 0. The molecule has 3 nitrogen and oxygen atoms in total. The second kappa shape index (κ2) is 4.80. The predicted octanol–water partition coefficient (Wildman–Crippen LogP) is 3.16. The van der Waals surface area contributed by atoms with Gasteiger partial charge in [-0.25, -0.2) is 4.39 Å². The van der Waals surface area contributed by atoms with E-state index in [1.54, 1.807) is 6.20 Å². The van der Waals surface area contributed by atoms with Crippen LogP contribution in [0.25, 0.3) is 11.1 Å². The quantitative estimate of drug-likeness (QED) is 0.851. The number of hydrogen-bond acceptors (Lipinski definition) is 2. The third-order valence-electron chi connectivity index (χ3n) is 3.27. The van der Waals surface area contributed by atoms with Gasteiger partial charge < -0.3 is 5.32 Å². The fourth-order valence-corrected chi connectivity index (χ4v) is 2.32. The molecule has 1 N–H and O–H groups in total. The Balaban J connectivity index is 2.01. The van der Waals surface area contributed by atoms with Crippen LogP contribution in [0, 0.1) is 5.82 Å². The smallest absolute Gasteiger partial charge is 0.224 e. The first-order valence-corrected chi connectivity index (χ1v) is 6.26. The monoisotopic (exact) mass is 256 g/mol. The zero-order chi connectivity index (χ0) is 13.2. The standard InChI is InChI=1S/C15H13FN2O/c16-13-7-12(8-17-9-13)10-4-5-14-11(6-10)2-1-3-15(19)18-14/h4-9H,1-3H2,(H,18,19). The van der Waals surface area contributed by atoms with Crippen LogP contribution in [-0.4, -0.2) is 10.9 Å². The number of carbonyl (C=O) groups excluding carboxylic acids is 1. The minimum Gasteiger partial charge on any atom is -0.326 e. The lowest BCUT2D eigenvalue weighted by molar-refractivity contribution is -0.116. The molecule has 1 amide bonds. The molecule has 0 fully saturated rings. The van der Waals surface area contributed by atoms with E-state index < -0.39 is 0 Å². The number of pyridine rings is 1. The Hall–Kier alpha value is -2.23. The Morgan fingerprint density at radius 2 is 2.00 bits per heavy atom. The predicted molar refractivity (Wildman–Crippen MR) is 71.2 cm³/mol. The van der Waals surface area contributed by atoms with Gasteiger partial charge in [0.2, 0.25) is 5.91 Å². The number of anilines is 1. The molecule has 96 valence electrons. The molecule has 0 saturated carbocycles. The molecule has 1 aromatic heterocycles. The van der Waals surface area contributed by atoms with Crippen molar-refractivity contribution >= 4 is 11.6 Å². The van der Waals surface area contributed by atoms with Crippen LogP contribution in [0.1, 0.15) is 18.4 Å². The highest BCUT2D eigenvalue weighted by molar-refractivity contribution is 5.92. The molecule has 0 atom stereocenters. The Kier molecular flexibility index (Phi) is 2.99. The van der Waals surface area contributed by atoms with Gasteiger partial charge in [0.25, 0.3) is 0 Å². The molecule has 1 aliphatic heterocycles. The van der Waals surface area contributed by atoms with Gasteiger partial charge in [0.05, 0.1) is 6.20 Å². The van der Waals surface area contributed by atoms with Gasteiger partial charge in [0, 0.05) is 23.9 Å². The minimum atomic E-state index is -0.347. The SMILES string of the molecule is O=C1CCCc2cc(-c3cncc(F)c3)ccc2N1. The van der Waals surface area contributed by atoms with Crippen molar-refractivity contribution < 1.29 is 9.18 Å². The van der Waals surface area contributed by atoms with Gasteiger partial charge in [-0.2, -0.15) is 0 Å². The lowest BCUT2D eigenvalue weighted by Crippen LogP contribution is -2.09. The van der Waals surface area contributed by atoms with Crippen molar-refractivity contribution in [2.45, 2.75) is 19.3 Å². The summed E-state index contributed by atoms with van der Waals surface area (Å²) in [4.78, 5) is 15.3. The summed E-state index contributed by atoms with van der Waals surface area (Å²) in [6, 6.07) is 7.21. The normalized spacial score (nSPS) is 14.5. The molecule has 0 saturated heterocycles. The lowest BCUT2D eigenvalue weighted by Gasteiger charge is -2.09. The number of hydrogen-bond donors (Lipinski definition) is 1. The van der Waals surface area contributed by atoms with Crippen molar-refractivity contribution in [3.63, 3.8) is 0 Å². The average molecular weight is 256 g/mol. The molecular formula is C15H13FN2O. The fraction of sp³-hybridized carbons (Fsp3) is 0.200. The molecule has 4 heteroatoms. The summed E-state index contributed by atoms with van der Waals surface area (Å²) >= 11 is 0. The third-order valence-corrected chi connectivity index (χ3v) is 3.27. The van der Waals surface area contributed by atoms with Crippen LogP contribution < -0.4 is 5.32 Å². The number of nitrogens with zero attached hydrogens (tertiary/aromatic N) is 1. The van der Waals surface area contributed by atoms with Crippen LogP contribution in [0.4, 0.5) is 10.1 Å². The Morgan fingerprint density at radius 3 is 2.84 bits per heavy atom. The number of rotatable bonds is 1. The summed E-state index contributed by atoms with van der Waals surface area (Å²) < 4.78 is 13.2. The molecular weight excluding hydrogens is 243 g/mol. The van der Waals surface area contributed by atoms with E-state index in [9.17, 15) is 9.18 Å². The molecule has 19 heavy (non-hydrogen) atoms. The summed E-state index contributed by atoms with van der Waals surface area (Å²) in [5.74, 6) is -0.292. The highest BCUT2D eigenvalue weighted by Crippen LogP contribution is 2.28. The van der Waals surface area contributed by atoms with Crippen molar-refractivity contribution in [2.24, 2.45) is 0 Å². The van der Waals surface area contributed by atoms with Gasteiger partial charge in [0.1, 0.15) is 5.82 Å². The number of benzene rings is 1. The van der Waals surface area contributed by atoms with E-state index in [0.29, 0.717) is 6.42 Å². The Morgan fingerprint density at radius 1 is 1.11 bits per heavy atom. The fourth-order valence-electron chi connectivity index (χ4n) is 2.32. The molecule has 0 radical (unpaired) electrons. The number of halogens is 1. The summed E-state index contributed by atoms with van der Waals surface area (Å²) in [6.45, 7) is 0. The van der Waals surface area contributed by atoms with Gasteiger partial charge >= 0.3 is 0 Å². The third kappa shape index (κ3) is 2.47. The van der Waals surface area contributed by atoms with Gasteiger partial charge in [-0.3, -0.25) is 9.78 Å². The van der Waals surface area contributed by atoms with Gasteiger partial charge in [-0.05, 0) is 42.2 Å². The molecule has 0 spiro atoms. The number of aromatic nitrogens is 1. The molecule has 1 aliphatic rings. The Labute approximate surface area is 110 Å². The van der Waals surface area contributed by atoms with E-state index >= 15 is 0 Å². The number of nitrogens with one attached hydrogen (secondary N) is 1. The van der Waals surface area contributed by atoms with Crippen molar-refractivity contribution in [1.29, 1.82) is 0 Å². The minimum absolute atomic E-state index is 0.0546. The molecule has 0 unspecified atom stereocenters. The van der Waals surface area contributed by atoms with Crippen molar-refractivity contribution in [2.75, 3.05) is 5.32 Å². The van der Waals surface area contributed by atoms with Gasteiger partial charge in [0.15, 0.2) is 0 Å². The van der Waals surface area contributed by atoms with Crippen LogP contribution in [0.15, 0.2) is 36.7 Å². The maximum Gasteiger partial charge on any atom is 0.224 e. The molecule has 3 rings (SSSR count). The van der Waals surface area contributed by atoms with Gasteiger partial charge in [-0.15, -0.1) is 0 Å². The highest BCUT2D eigenvalue weighted by atomic mass is 19.1. The maximum atomic E-state index is 13.2. The first kappa shape index (κ1) is 11.8. The maximum absolute atomic E-state index is 13.2. The lowest BCUT2D eigenvalue weighted by atomic mass is 10.0. The van der Waals surface area contributed by atoms with Crippen LogP contribution in [0.3, 0.4) is 0 Å². The zero-order valence-electron chi connectivity index (χ0n) is 10.3.